The number of nitrogens with one attached hydrogen (secondary N) is 1. The van der Waals surface area contributed by atoms with Gasteiger partial charge in [-0.1, -0.05) is 6.42 Å². The lowest BCUT2D eigenvalue weighted by molar-refractivity contribution is -0.123. The molecule has 2 fully saturated rings. The Morgan fingerprint density at radius 3 is 2.83 bits per heavy atom. The van der Waals surface area contributed by atoms with Gasteiger partial charge in [0.15, 0.2) is 0 Å². The van der Waals surface area contributed by atoms with Gasteiger partial charge in [-0.3, -0.25) is 4.79 Å². The molecule has 0 aromatic rings. The standard InChI is InChI=1S/C14H26N2O2/c1-18-13(9-15)8-14(17)16-5-4-12-7-10-2-3-11(12)6-10/h10-13H,2-9,15H2,1H3,(H,16,17). The SMILES string of the molecule is COC(CN)CC(=O)NCCC1CC2CCC1C2. The molecule has 4 nitrogen and oxygen atoms in total. The summed E-state index contributed by atoms with van der Waals surface area (Å²) in [5.41, 5.74) is 5.50. The van der Waals surface area contributed by atoms with E-state index in [0.717, 1.165) is 30.7 Å². The van der Waals surface area contributed by atoms with E-state index in [2.05, 4.69) is 5.32 Å². The lowest BCUT2D eigenvalue weighted by Crippen LogP contribution is -2.33. The zero-order valence-corrected chi connectivity index (χ0v) is 11.4. The summed E-state index contributed by atoms with van der Waals surface area (Å²) in [6, 6.07) is 0. The van der Waals surface area contributed by atoms with Crippen molar-refractivity contribution >= 4 is 5.91 Å². The van der Waals surface area contributed by atoms with Crippen LogP contribution in [0.1, 0.15) is 38.5 Å². The van der Waals surface area contributed by atoms with Crippen LogP contribution in [0.15, 0.2) is 0 Å². The Bertz CT molecular complexity index is 279. The normalized spacial score (nSPS) is 31.6. The highest BCUT2D eigenvalue weighted by atomic mass is 16.5. The molecule has 2 aliphatic rings. The van der Waals surface area contributed by atoms with Crippen LogP contribution in [0.4, 0.5) is 0 Å². The molecule has 2 aliphatic carbocycles. The van der Waals surface area contributed by atoms with E-state index in [9.17, 15) is 4.79 Å². The van der Waals surface area contributed by atoms with Gasteiger partial charge in [0.2, 0.25) is 5.91 Å². The van der Waals surface area contributed by atoms with Crippen LogP contribution in [0.25, 0.3) is 0 Å². The Balaban J connectivity index is 1.59. The molecule has 1 amide bonds. The molecule has 0 aromatic carbocycles. The Labute approximate surface area is 110 Å². The van der Waals surface area contributed by atoms with Crippen molar-refractivity contribution < 1.29 is 9.53 Å². The van der Waals surface area contributed by atoms with E-state index in [-0.39, 0.29) is 12.0 Å². The molecule has 3 N–H and O–H groups in total. The zero-order chi connectivity index (χ0) is 13.0. The van der Waals surface area contributed by atoms with Crippen LogP contribution >= 0.6 is 0 Å². The lowest BCUT2D eigenvalue weighted by Gasteiger charge is -2.21. The number of methoxy groups -OCH3 is 1. The fourth-order valence-corrected chi connectivity index (χ4v) is 3.67. The van der Waals surface area contributed by atoms with Crippen LogP contribution in [0, 0.1) is 17.8 Å². The average Bonchev–Trinajstić information content (AvgIpc) is 2.98. The van der Waals surface area contributed by atoms with Crippen LogP contribution < -0.4 is 11.1 Å². The van der Waals surface area contributed by atoms with Crippen molar-refractivity contribution in [2.75, 3.05) is 20.2 Å². The molecular formula is C14H26N2O2. The van der Waals surface area contributed by atoms with Gasteiger partial charge >= 0.3 is 0 Å². The molecule has 4 atom stereocenters. The maximum absolute atomic E-state index is 11.7. The van der Waals surface area contributed by atoms with Crippen molar-refractivity contribution in [3.05, 3.63) is 0 Å². The molecule has 0 heterocycles. The Morgan fingerprint density at radius 2 is 2.28 bits per heavy atom. The number of fused-ring (bicyclic) bond motifs is 2. The molecule has 4 unspecified atom stereocenters. The van der Waals surface area contributed by atoms with Gasteiger partial charge in [0.05, 0.1) is 12.5 Å². The van der Waals surface area contributed by atoms with Gasteiger partial charge in [-0.05, 0) is 43.4 Å². The molecule has 18 heavy (non-hydrogen) atoms. The average molecular weight is 254 g/mol. The number of carbonyl (C=O) groups is 1. The largest absolute Gasteiger partial charge is 0.380 e. The summed E-state index contributed by atoms with van der Waals surface area (Å²) in [5.74, 6) is 2.86. The minimum Gasteiger partial charge on any atom is -0.380 e. The van der Waals surface area contributed by atoms with Gasteiger partial charge in [-0.25, -0.2) is 0 Å². The van der Waals surface area contributed by atoms with Crippen LogP contribution in [-0.2, 0) is 9.53 Å². The van der Waals surface area contributed by atoms with E-state index in [1.807, 2.05) is 0 Å². The molecule has 0 aliphatic heterocycles. The summed E-state index contributed by atoms with van der Waals surface area (Å²) in [7, 11) is 1.60. The first-order chi connectivity index (χ1) is 8.72. The summed E-state index contributed by atoms with van der Waals surface area (Å²) >= 11 is 0. The Hall–Kier alpha value is -0.610. The quantitative estimate of drug-likeness (QED) is 0.719. The highest BCUT2D eigenvalue weighted by Crippen LogP contribution is 2.49. The predicted octanol–water partition coefficient (Wildman–Crippen LogP) is 1.29. The fourth-order valence-electron chi connectivity index (χ4n) is 3.67. The molecule has 0 spiro atoms. The lowest BCUT2D eigenvalue weighted by atomic mass is 9.86. The third-order valence-electron chi connectivity index (χ3n) is 4.73. The van der Waals surface area contributed by atoms with Crippen molar-refractivity contribution in [3.63, 3.8) is 0 Å². The van der Waals surface area contributed by atoms with E-state index in [1.165, 1.54) is 25.7 Å². The van der Waals surface area contributed by atoms with Gasteiger partial charge < -0.3 is 15.8 Å². The zero-order valence-electron chi connectivity index (χ0n) is 11.4. The summed E-state index contributed by atoms with van der Waals surface area (Å²) in [4.78, 5) is 11.7. The molecule has 0 aromatic heterocycles. The molecular weight excluding hydrogens is 228 g/mol. The first-order valence-corrected chi connectivity index (χ1v) is 7.22. The van der Waals surface area contributed by atoms with E-state index in [1.54, 1.807) is 7.11 Å². The van der Waals surface area contributed by atoms with E-state index >= 15 is 0 Å². The minimum absolute atomic E-state index is 0.0652. The molecule has 0 saturated heterocycles. The number of amides is 1. The van der Waals surface area contributed by atoms with Crippen molar-refractivity contribution in [2.45, 2.75) is 44.6 Å². The first-order valence-electron chi connectivity index (χ1n) is 7.22. The van der Waals surface area contributed by atoms with Crippen LogP contribution in [0.3, 0.4) is 0 Å². The maximum atomic E-state index is 11.7. The van der Waals surface area contributed by atoms with Crippen LogP contribution in [-0.4, -0.2) is 32.2 Å². The van der Waals surface area contributed by atoms with Crippen molar-refractivity contribution in [1.29, 1.82) is 0 Å². The third-order valence-corrected chi connectivity index (χ3v) is 4.73. The maximum Gasteiger partial charge on any atom is 0.222 e. The smallest absolute Gasteiger partial charge is 0.222 e. The highest BCUT2D eigenvalue weighted by Gasteiger charge is 2.38. The Kier molecular flexibility index (Phi) is 5.01. The number of nitrogens with two attached hydrogens (primary N) is 1. The molecule has 104 valence electrons. The fraction of sp³-hybridized carbons (Fsp3) is 0.929. The molecule has 0 radical (unpaired) electrons. The van der Waals surface area contributed by atoms with Gasteiger partial charge in [0.1, 0.15) is 0 Å². The predicted molar refractivity (Wildman–Crippen MR) is 71.0 cm³/mol. The second-order valence-corrected chi connectivity index (χ2v) is 5.87. The third kappa shape index (κ3) is 3.45. The number of ether oxygens (including phenoxy) is 1. The van der Waals surface area contributed by atoms with Crippen molar-refractivity contribution in [2.24, 2.45) is 23.5 Å². The van der Waals surface area contributed by atoms with Gasteiger partial charge in [-0.15, -0.1) is 0 Å². The van der Waals surface area contributed by atoms with Gasteiger partial charge in [-0.2, -0.15) is 0 Å². The monoisotopic (exact) mass is 254 g/mol. The summed E-state index contributed by atoms with van der Waals surface area (Å²) in [5, 5.41) is 2.99. The van der Waals surface area contributed by atoms with Crippen molar-refractivity contribution in [1.82, 2.24) is 5.32 Å². The molecule has 2 saturated carbocycles. The minimum atomic E-state index is -0.146. The topological polar surface area (TPSA) is 64.3 Å². The number of hydrogen-bond donors (Lipinski definition) is 2. The summed E-state index contributed by atoms with van der Waals surface area (Å²) in [6.07, 6.45) is 7.08. The van der Waals surface area contributed by atoms with Crippen LogP contribution in [0.2, 0.25) is 0 Å². The van der Waals surface area contributed by atoms with Crippen molar-refractivity contribution in [3.8, 4) is 0 Å². The summed E-state index contributed by atoms with van der Waals surface area (Å²) < 4.78 is 5.10. The molecule has 4 heteroatoms. The van der Waals surface area contributed by atoms with E-state index in [0.29, 0.717) is 13.0 Å². The highest BCUT2D eigenvalue weighted by molar-refractivity contribution is 5.76. The summed E-state index contributed by atoms with van der Waals surface area (Å²) in [6.45, 7) is 1.21. The van der Waals surface area contributed by atoms with E-state index < -0.39 is 0 Å². The van der Waals surface area contributed by atoms with E-state index in [4.69, 9.17) is 10.5 Å². The molecule has 2 bridgehead atoms. The van der Waals surface area contributed by atoms with Gasteiger partial charge in [0, 0.05) is 20.2 Å². The van der Waals surface area contributed by atoms with Crippen LogP contribution in [0.5, 0.6) is 0 Å². The second kappa shape index (κ2) is 6.53. The first kappa shape index (κ1) is 13.8. The number of carbonyl (C=O) groups excluding carboxylic acids is 1. The van der Waals surface area contributed by atoms with Gasteiger partial charge in [0.25, 0.3) is 0 Å². The number of hydrogen-bond acceptors (Lipinski definition) is 3. The Morgan fingerprint density at radius 1 is 1.44 bits per heavy atom. The number of rotatable bonds is 7. The molecule has 2 rings (SSSR count). The second-order valence-electron chi connectivity index (χ2n) is 5.87.